The minimum atomic E-state index is -0.188. The van der Waals surface area contributed by atoms with Crippen molar-refractivity contribution in [2.24, 2.45) is 7.05 Å². The zero-order valence-electron chi connectivity index (χ0n) is 12.0. The Morgan fingerprint density at radius 1 is 1.24 bits per heavy atom. The SMILES string of the molecule is CC(Cl)c1nc2ccc(Br)cc2n1C(C)c1nncn1C. The summed E-state index contributed by atoms with van der Waals surface area (Å²) in [5.41, 5.74) is 1.96. The molecule has 3 aromatic rings. The highest BCUT2D eigenvalue weighted by atomic mass is 79.9. The maximum atomic E-state index is 6.33. The van der Waals surface area contributed by atoms with E-state index in [2.05, 4.69) is 48.7 Å². The van der Waals surface area contributed by atoms with Crippen molar-refractivity contribution in [2.75, 3.05) is 0 Å². The van der Waals surface area contributed by atoms with Gasteiger partial charge in [-0.1, -0.05) is 15.9 Å². The lowest BCUT2D eigenvalue weighted by Gasteiger charge is -2.17. The van der Waals surface area contributed by atoms with Gasteiger partial charge in [-0.3, -0.25) is 0 Å². The molecule has 0 aliphatic rings. The van der Waals surface area contributed by atoms with E-state index in [0.29, 0.717) is 0 Å². The van der Waals surface area contributed by atoms with E-state index in [1.807, 2.05) is 30.7 Å². The predicted octanol–water partition coefficient (Wildman–Crippen LogP) is 3.84. The minimum Gasteiger partial charge on any atom is -0.319 e. The Hall–Kier alpha value is -1.40. The molecule has 0 saturated carbocycles. The van der Waals surface area contributed by atoms with Crippen LogP contribution in [0.3, 0.4) is 0 Å². The number of alkyl halides is 1. The molecule has 7 heteroatoms. The van der Waals surface area contributed by atoms with Gasteiger partial charge in [-0.2, -0.15) is 0 Å². The fraction of sp³-hybridized carbons (Fsp3) is 0.357. The van der Waals surface area contributed by atoms with Crippen molar-refractivity contribution in [3.63, 3.8) is 0 Å². The van der Waals surface area contributed by atoms with E-state index in [0.717, 1.165) is 27.2 Å². The molecule has 0 saturated heterocycles. The summed E-state index contributed by atoms with van der Waals surface area (Å²) in [5, 5.41) is 7.98. The molecule has 2 atom stereocenters. The van der Waals surface area contributed by atoms with Gasteiger partial charge < -0.3 is 9.13 Å². The molecule has 2 heterocycles. The van der Waals surface area contributed by atoms with Crippen LogP contribution in [-0.2, 0) is 7.05 Å². The lowest BCUT2D eigenvalue weighted by atomic mass is 10.2. The normalized spacial score (nSPS) is 14.5. The van der Waals surface area contributed by atoms with Crippen LogP contribution in [0.25, 0.3) is 11.0 Å². The highest BCUT2D eigenvalue weighted by molar-refractivity contribution is 9.10. The van der Waals surface area contributed by atoms with Crippen LogP contribution in [-0.4, -0.2) is 24.3 Å². The second-order valence-corrected chi connectivity index (χ2v) is 6.64. The van der Waals surface area contributed by atoms with Crippen LogP contribution in [0.5, 0.6) is 0 Å². The Kier molecular flexibility index (Phi) is 3.75. The third-order valence-electron chi connectivity index (χ3n) is 3.54. The molecular weight excluding hydrogens is 354 g/mol. The average Bonchev–Trinajstić information content (AvgIpc) is 3.01. The number of fused-ring (bicyclic) bond motifs is 1. The van der Waals surface area contributed by atoms with Crippen molar-refractivity contribution < 1.29 is 0 Å². The summed E-state index contributed by atoms with van der Waals surface area (Å²) in [6.45, 7) is 4.01. The van der Waals surface area contributed by atoms with Crippen LogP contribution in [0.1, 0.15) is 36.9 Å². The van der Waals surface area contributed by atoms with E-state index in [9.17, 15) is 0 Å². The molecule has 110 valence electrons. The molecule has 0 spiro atoms. The van der Waals surface area contributed by atoms with Gasteiger partial charge in [0.1, 0.15) is 12.2 Å². The molecule has 0 amide bonds. The zero-order valence-corrected chi connectivity index (χ0v) is 14.3. The molecular formula is C14H15BrClN5. The monoisotopic (exact) mass is 367 g/mol. The molecule has 2 aromatic heterocycles. The third kappa shape index (κ3) is 2.46. The van der Waals surface area contributed by atoms with Crippen LogP contribution in [0.4, 0.5) is 0 Å². The van der Waals surface area contributed by atoms with Gasteiger partial charge in [0.15, 0.2) is 5.82 Å². The largest absolute Gasteiger partial charge is 0.319 e. The summed E-state index contributed by atoms with van der Waals surface area (Å²) >= 11 is 9.84. The van der Waals surface area contributed by atoms with Gasteiger partial charge in [-0.25, -0.2) is 4.98 Å². The Labute approximate surface area is 136 Å². The summed E-state index contributed by atoms with van der Waals surface area (Å²) in [5.74, 6) is 1.70. The van der Waals surface area contributed by atoms with Crippen molar-refractivity contribution in [3.05, 3.63) is 40.6 Å². The van der Waals surface area contributed by atoms with Crippen molar-refractivity contribution in [1.82, 2.24) is 24.3 Å². The molecule has 2 unspecified atom stereocenters. The van der Waals surface area contributed by atoms with Gasteiger partial charge in [-0.05, 0) is 32.0 Å². The molecule has 3 rings (SSSR count). The summed E-state index contributed by atoms with van der Waals surface area (Å²) in [7, 11) is 1.94. The zero-order chi connectivity index (χ0) is 15.1. The van der Waals surface area contributed by atoms with E-state index in [4.69, 9.17) is 11.6 Å². The standard InChI is InChI=1S/C14H15BrClN5/c1-8(16)13-18-11-5-4-10(15)6-12(11)21(13)9(2)14-19-17-7-20(14)3/h4-9H,1-3H3. The number of nitrogens with zero attached hydrogens (tertiary/aromatic N) is 5. The number of benzene rings is 1. The molecule has 0 aliphatic carbocycles. The number of rotatable bonds is 3. The van der Waals surface area contributed by atoms with Crippen molar-refractivity contribution >= 4 is 38.6 Å². The topological polar surface area (TPSA) is 48.5 Å². The van der Waals surface area contributed by atoms with Gasteiger partial charge >= 0.3 is 0 Å². The summed E-state index contributed by atoms with van der Waals surface area (Å²) < 4.78 is 5.05. The Morgan fingerprint density at radius 3 is 2.62 bits per heavy atom. The van der Waals surface area contributed by atoms with Gasteiger partial charge in [0.2, 0.25) is 0 Å². The molecule has 0 aliphatic heterocycles. The molecule has 0 fully saturated rings. The predicted molar refractivity (Wildman–Crippen MR) is 86.5 cm³/mol. The van der Waals surface area contributed by atoms with E-state index < -0.39 is 0 Å². The number of hydrogen-bond donors (Lipinski definition) is 0. The summed E-state index contributed by atoms with van der Waals surface area (Å²) in [6, 6.07) is 6.02. The molecule has 21 heavy (non-hydrogen) atoms. The Balaban J connectivity index is 2.26. The first-order valence-electron chi connectivity index (χ1n) is 6.64. The number of aryl methyl sites for hydroxylation is 1. The molecule has 5 nitrogen and oxygen atoms in total. The third-order valence-corrected chi connectivity index (χ3v) is 4.23. The quantitative estimate of drug-likeness (QED) is 0.660. The van der Waals surface area contributed by atoms with Gasteiger partial charge in [0.25, 0.3) is 0 Å². The minimum absolute atomic E-state index is 0.00648. The van der Waals surface area contributed by atoms with Crippen LogP contribution < -0.4 is 0 Å². The Bertz CT molecular complexity index is 792. The highest BCUT2D eigenvalue weighted by Gasteiger charge is 2.22. The van der Waals surface area contributed by atoms with Gasteiger partial charge in [0.05, 0.1) is 22.5 Å². The van der Waals surface area contributed by atoms with Crippen molar-refractivity contribution in [3.8, 4) is 0 Å². The maximum Gasteiger partial charge on any atom is 0.155 e. The van der Waals surface area contributed by atoms with Crippen molar-refractivity contribution in [2.45, 2.75) is 25.3 Å². The lowest BCUT2D eigenvalue weighted by molar-refractivity contribution is 0.563. The summed E-state index contributed by atoms with van der Waals surface area (Å²) in [4.78, 5) is 4.67. The molecule has 1 aromatic carbocycles. The van der Waals surface area contributed by atoms with E-state index in [1.54, 1.807) is 6.33 Å². The van der Waals surface area contributed by atoms with Crippen LogP contribution in [0.2, 0.25) is 0 Å². The second kappa shape index (κ2) is 5.42. The summed E-state index contributed by atoms with van der Waals surface area (Å²) in [6.07, 6.45) is 1.70. The smallest absolute Gasteiger partial charge is 0.155 e. The first kappa shape index (κ1) is 14.5. The maximum absolute atomic E-state index is 6.33. The highest BCUT2D eigenvalue weighted by Crippen LogP contribution is 2.31. The van der Waals surface area contributed by atoms with Crippen LogP contribution in [0.15, 0.2) is 29.0 Å². The Morgan fingerprint density at radius 2 is 2.00 bits per heavy atom. The van der Waals surface area contributed by atoms with Crippen molar-refractivity contribution in [1.29, 1.82) is 0 Å². The van der Waals surface area contributed by atoms with E-state index >= 15 is 0 Å². The fourth-order valence-electron chi connectivity index (χ4n) is 2.56. The fourth-order valence-corrected chi connectivity index (χ4v) is 3.06. The molecule has 0 bridgehead atoms. The second-order valence-electron chi connectivity index (χ2n) is 5.07. The van der Waals surface area contributed by atoms with Gasteiger partial charge in [0, 0.05) is 11.5 Å². The number of halogens is 2. The number of imidazole rings is 1. The van der Waals surface area contributed by atoms with E-state index in [-0.39, 0.29) is 11.4 Å². The first-order chi connectivity index (χ1) is 9.99. The first-order valence-corrected chi connectivity index (χ1v) is 7.87. The molecule has 0 N–H and O–H groups in total. The average molecular weight is 369 g/mol. The van der Waals surface area contributed by atoms with E-state index in [1.165, 1.54) is 0 Å². The number of hydrogen-bond acceptors (Lipinski definition) is 3. The molecule has 0 radical (unpaired) electrons. The van der Waals surface area contributed by atoms with Crippen LogP contribution >= 0.6 is 27.5 Å². The van der Waals surface area contributed by atoms with Crippen LogP contribution in [0, 0.1) is 0 Å². The van der Waals surface area contributed by atoms with Gasteiger partial charge in [-0.15, -0.1) is 21.8 Å². The lowest BCUT2D eigenvalue weighted by Crippen LogP contribution is -2.15. The number of aromatic nitrogens is 5.